The van der Waals surface area contributed by atoms with Crippen LogP contribution in [0, 0.1) is 5.41 Å². The largest absolute Gasteiger partial charge is 0.481 e. The van der Waals surface area contributed by atoms with Crippen LogP contribution in [-0.4, -0.2) is 51.6 Å². The number of aliphatic carboxylic acids is 1. The maximum absolute atomic E-state index is 11.5. The zero-order chi connectivity index (χ0) is 13.0. The van der Waals surface area contributed by atoms with Crippen LogP contribution in [0.15, 0.2) is 0 Å². The number of aromatic nitrogens is 4. The Balaban J connectivity index is 2.18. The first-order chi connectivity index (χ1) is 8.68. The zero-order valence-corrected chi connectivity index (χ0v) is 10.2. The molecule has 0 spiro atoms. The fraction of sp³-hybridized carbons (Fsp3) is 0.800. The van der Waals surface area contributed by atoms with E-state index in [1.807, 2.05) is 0 Å². The quantitative estimate of drug-likeness (QED) is 0.772. The highest BCUT2D eigenvalue weighted by Gasteiger charge is 2.41. The molecule has 0 radical (unpaired) electrons. The van der Waals surface area contributed by atoms with E-state index in [0.29, 0.717) is 31.9 Å². The van der Waals surface area contributed by atoms with E-state index in [4.69, 9.17) is 9.47 Å². The Labute approximate surface area is 104 Å². The number of ether oxygens (including phenoxy) is 2. The van der Waals surface area contributed by atoms with Crippen LogP contribution in [0.25, 0.3) is 0 Å². The first-order valence-electron chi connectivity index (χ1n) is 5.73. The van der Waals surface area contributed by atoms with Gasteiger partial charge in [-0.15, -0.1) is 5.10 Å². The number of nitrogens with zero attached hydrogens (tertiary/aromatic N) is 4. The molecule has 18 heavy (non-hydrogen) atoms. The van der Waals surface area contributed by atoms with Gasteiger partial charge >= 0.3 is 5.97 Å². The van der Waals surface area contributed by atoms with Gasteiger partial charge < -0.3 is 14.6 Å². The molecule has 8 heteroatoms. The summed E-state index contributed by atoms with van der Waals surface area (Å²) < 4.78 is 11.7. The molecule has 100 valence electrons. The predicted molar refractivity (Wildman–Crippen MR) is 58.7 cm³/mol. The Bertz CT molecular complexity index is 414. The lowest BCUT2D eigenvalue weighted by molar-refractivity contribution is -0.156. The third kappa shape index (κ3) is 2.49. The molecule has 0 bridgehead atoms. The summed E-state index contributed by atoms with van der Waals surface area (Å²) in [6, 6.07) is 0. The molecule has 0 amide bonds. The number of tetrazole rings is 1. The average molecular weight is 256 g/mol. The maximum atomic E-state index is 11.5. The summed E-state index contributed by atoms with van der Waals surface area (Å²) in [4.78, 5) is 11.5. The minimum atomic E-state index is -0.851. The summed E-state index contributed by atoms with van der Waals surface area (Å²) in [5.74, 6) is -0.297. The summed E-state index contributed by atoms with van der Waals surface area (Å²) in [5.41, 5.74) is -0.851. The van der Waals surface area contributed by atoms with E-state index in [-0.39, 0.29) is 13.2 Å². The molecule has 1 saturated heterocycles. The van der Waals surface area contributed by atoms with E-state index in [9.17, 15) is 9.90 Å². The molecule has 1 N–H and O–H groups in total. The van der Waals surface area contributed by atoms with E-state index >= 15 is 0 Å². The summed E-state index contributed by atoms with van der Waals surface area (Å²) >= 11 is 0. The second-order valence-electron chi connectivity index (χ2n) is 4.38. The van der Waals surface area contributed by atoms with Gasteiger partial charge in [-0.3, -0.25) is 4.79 Å². The van der Waals surface area contributed by atoms with Crippen LogP contribution in [0.5, 0.6) is 0 Å². The van der Waals surface area contributed by atoms with Gasteiger partial charge in [0.15, 0.2) is 5.82 Å². The second-order valence-corrected chi connectivity index (χ2v) is 4.38. The molecule has 0 saturated carbocycles. The van der Waals surface area contributed by atoms with E-state index in [1.165, 1.54) is 4.68 Å². The van der Waals surface area contributed by atoms with Gasteiger partial charge in [-0.25, -0.2) is 4.68 Å². The van der Waals surface area contributed by atoms with Gasteiger partial charge in [0.05, 0.1) is 12.0 Å². The lowest BCUT2D eigenvalue weighted by atomic mass is 9.80. The number of rotatable bonds is 5. The van der Waals surface area contributed by atoms with Crippen molar-refractivity contribution < 1.29 is 19.4 Å². The third-order valence-electron chi connectivity index (χ3n) is 3.24. The molecule has 1 fully saturated rings. The molecule has 1 aliphatic heterocycles. The van der Waals surface area contributed by atoms with Crippen LogP contribution in [0.4, 0.5) is 0 Å². The SMILES string of the molecule is COCc1nnnn1CC1(C(=O)O)CCOCC1. The molecule has 2 rings (SSSR count). The Morgan fingerprint density at radius 3 is 2.89 bits per heavy atom. The summed E-state index contributed by atoms with van der Waals surface area (Å²) in [6.07, 6.45) is 0.934. The number of carboxylic acids is 1. The van der Waals surface area contributed by atoms with Gasteiger partial charge in [-0.1, -0.05) is 0 Å². The van der Waals surface area contributed by atoms with Crippen molar-refractivity contribution in [3.05, 3.63) is 5.82 Å². The molecule has 0 aliphatic carbocycles. The molecule has 2 heterocycles. The Hall–Kier alpha value is -1.54. The first-order valence-corrected chi connectivity index (χ1v) is 5.73. The second kappa shape index (κ2) is 5.40. The smallest absolute Gasteiger partial charge is 0.311 e. The molecule has 1 aromatic heterocycles. The van der Waals surface area contributed by atoms with Gasteiger partial charge in [-0.2, -0.15) is 0 Å². The number of hydrogen-bond donors (Lipinski definition) is 1. The van der Waals surface area contributed by atoms with Crippen LogP contribution >= 0.6 is 0 Å². The van der Waals surface area contributed by atoms with Crippen LogP contribution in [-0.2, 0) is 27.4 Å². The van der Waals surface area contributed by atoms with Crippen LogP contribution in [0.3, 0.4) is 0 Å². The first kappa shape index (κ1) is 12.9. The van der Waals surface area contributed by atoms with Crippen molar-refractivity contribution in [3.63, 3.8) is 0 Å². The molecule has 0 atom stereocenters. The van der Waals surface area contributed by atoms with Gasteiger partial charge in [0.2, 0.25) is 0 Å². The van der Waals surface area contributed by atoms with Crippen molar-refractivity contribution in [3.8, 4) is 0 Å². The molecule has 1 aliphatic rings. The molecule has 0 aromatic carbocycles. The van der Waals surface area contributed by atoms with Crippen molar-refractivity contribution >= 4 is 5.97 Å². The third-order valence-corrected chi connectivity index (χ3v) is 3.24. The van der Waals surface area contributed by atoms with E-state index in [1.54, 1.807) is 7.11 Å². The summed E-state index contributed by atoms with van der Waals surface area (Å²) in [5, 5.41) is 20.6. The lowest BCUT2D eigenvalue weighted by Gasteiger charge is -2.32. The number of methoxy groups -OCH3 is 1. The van der Waals surface area contributed by atoms with Crippen molar-refractivity contribution in [2.24, 2.45) is 5.41 Å². The van der Waals surface area contributed by atoms with Gasteiger partial charge in [0.25, 0.3) is 0 Å². The normalized spacial score (nSPS) is 18.7. The Morgan fingerprint density at radius 2 is 2.28 bits per heavy atom. The number of carboxylic acid groups (broad SMARTS) is 1. The molecular formula is C10H16N4O4. The monoisotopic (exact) mass is 256 g/mol. The highest BCUT2D eigenvalue weighted by atomic mass is 16.5. The predicted octanol–water partition coefficient (Wildman–Crippen LogP) is -0.299. The van der Waals surface area contributed by atoms with Crippen molar-refractivity contribution in [1.29, 1.82) is 0 Å². The number of hydrogen-bond acceptors (Lipinski definition) is 6. The maximum Gasteiger partial charge on any atom is 0.311 e. The minimum absolute atomic E-state index is 0.247. The Kier molecular flexibility index (Phi) is 3.87. The van der Waals surface area contributed by atoms with Crippen molar-refractivity contribution in [2.75, 3.05) is 20.3 Å². The van der Waals surface area contributed by atoms with Gasteiger partial charge in [0.1, 0.15) is 6.61 Å². The fourth-order valence-electron chi connectivity index (χ4n) is 2.07. The van der Waals surface area contributed by atoms with Crippen LogP contribution in [0.1, 0.15) is 18.7 Å². The van der Waals surface area contributed by atoms with E-state index < -0.39 is 11.4 Å². The molecule has 1 aromatic rings. The number of carbonyl (C=O) groups is 1. The average Bonchev–Trinajstić information content (AvgIpc) is 2.78. The van der Waals surface area contributed by atoms with Crippen molar-refractivity contribution in [1.82, 2.24) is 20.2 Å². The van der Waals surface area contributed by atoms with Gasteiger partial charge in [-0.05, 0) is 23.3 Å². The minimum Gasteiger partial charge on any atom is -0.481 e. The summed E-state index contributed by atoms with van der Waals surface area (Å²) in [7, 11) is 1.54. The van der Waals surface area contributed by atoms with E-state index in [2.05, 4.69) is 15.5 Å². The van der Waals surface area contributed by atoms with Gasteiger partial charge in [0, 0.05) is 20.3 Å². The highest BCUT2D eigenvalue weighted by molar-refractivity contribution is 5.74. The molecule has 8 nitrogen and oxygen atoms in total. The van der Waals surface area contributed by atoms with Crippen molar-refractivity contribution in [2.45, 2.75) is 26.0 Å². The summed E-state index contributed by atoms with van der Waals surface area (Å²) in [6.45, 7) is 1.42. The lowest BCUT2D eigenvalue weighted by Crippen LogP contribution is -2.41. The Morgan fingerprint density at radius 1 is 1.56 bits per heavy atom. The topological polar surface area (TPSA) is 99.4 Å². The standard InChI is InChI=1S/C10H16N4O4/c1-17-6-8-11-12-13-14(8)7-10(9(15)16)2-4-18-5-3-10/h2-7H2,1H3,(H,15,16). The highest BCUT2D eigenvalue weighted by Crippen LogP contribution is 2.32. The molecule has 0 unspecified atom stereocenters. The zero-order valence-electron chi connectivity index (χ0n) is 10.2. The van der Waals surface area contributed by atoms with Crippen LogP contribution in [0.2, 0.25) is 0 Å². The van der Waals surface area contributed by atoms with E-state index in [0.717, 1.165) is 0 Å². The fourth-order valence-corrected chi connectivity index (χ4v) is 2.07. The van der Waals surface area contributed by atoms with Crippen LogP contribution < -0.4 is 0 Å². The molecular weight excluding hydrogens is 240 g/mol.